The third kappa shape index (κ3) is 3.53. The van der Waals surface area contributed by atoms with Crippen molar-refractivity contribution in [2.45, 2.75) is 50.4 Å². The number of rotatable bonds is 7. The fourth-order valence-electron chi connectivity index (χ4n) is 6.54. The van der Waals surface area contributed by atoms with Crippen LogP contribution in [0.3, 0.4) is 0 Å². The predicted molar refractivity (Wildman–Crippen MR) is 135 cm³/mol. The van der Waals surface area contributed by atoms with E-state index in [1.165, 1.54) is 4.90 Å². The molecule has 8 nitrogen and oxygen atoms in total. The zero-order valence-electron chi connectivity index (χ0n) is 21.0. The van der Waals surface area contributed by atoms with Gasteiger partial charge in [-0.15, -0.1) is 0 Å². The Balaban J connectivity index is 1.63. The third-order valence-corrected chi connectivity index (χ3v) is 8.21. The lowest BCUT2D eigenvalue weighted by Crippen LogP contribution is -2.56. The molecule has 0 radical (unpaired) electrons. The van der Waals surface area contributed by atoms with Crippen molar-refractivity contribution in [3.8, 4) is 0 Å². The number of anilines is 1. The van der Waals surface area contributed by atoms with Crippen molar-refractivity contribution < 1.29 is 24.2 Å². The highest BCUT2D eigenvalue weighted by atomic mass is 16.5. The number of aliphatic hydroxyl groups is 1. The van der Waals surface area contributed by atoms with Gasteiger partial charge in [-0.2, -0.15) is 0 Å². The van der Waals surface area contributed by atoms with Gasteiger partial charge in [-0.3, -0.25) is 14.4 Å². The molecule has 1 unspecified atom stereocenters. The van der Waals surface area contributed by atoms with Crippen LogP contribution < -0.4 is 4.90 Å². The molecule has 3 amide bonds. The summed E-state index contributed by atoms with van der Waals surface area (Å²) in [4.78, 5) is 47.2. The van der Waals surface area contributed by atoms with Gasteiger partial charge in [0.25, 0.3) is 0 Å². The minimum atomic E-state index is -1.27. The molecule has 36 heavy (non-hydrogen) atoms. The first-order valence-corrected chi connectivity index (χ1v) is 13.1. The molecule has 2 saturated heterocycles. The van der Waals surface area contributed by atoms with E-state index in [0.717, 1.165) is 18.5 Å². The first-order chi connectivity index (χ1) is 17.4. The number of hydrogen-bond donors (Lipinski definition) is 1. The van der Waals surface area contributed by atoms with Gasteiger partial charge >= 0.3 is 0 Å². The highest BCUT2D eigenvalue weighted by Crippen LogP contribution is 2.58. The Morgan fingerprint density at radius 2 is 1.69 bits per heavy atom. The highest BCUT2D eigenvalue weighted by Gasteiger charge is 2.75. The molecular weight excluding hydrogens is 458 g/mol. The monoisotopic (exact) mass is 493 g/mol. The summed E-state index contributed by atoms with van der Waals surface area (Å²) < 4.78 is 6.89. The first-order valence-electron chi connectivity index (χ1n) is 13.1. The molecule has 1 N–H and O–H groups in total. The molecule has 0 aromatic heterocycles. The Hall–Kier alpha value is -2.97. The maximum absolute atomic E-state index is 14.3. The third-order valence-electron chi connectivity index (χ3n) is 8.21. The van der Waals surface area contributed by atoms with Crippen LogP contribution in [-0.4, -0.2) is 82.7 Å². The molecule has 1 spiro atoms. The number of hydrogen-bond acceptors (Lipinski definition) is 5. The van der Waals surface area contributed by atoms with Gasteiger partial charge in [0, 0.05) is 31.9 Å². The highest BCUT2D eigenvalue weighted by molar-refractivity contribution is 6.04. The smallest absolute Gasteiger partial charge is 0.249 e. The Labute approximate surface area is 212 Å². The maximum atomic E-state index is 14.3. The molecule has 192 valence electrons. The van der Waals surface area contributed by atoms with E-state index in [0.29, 0.717) is 26.1 Å². The summed E-state index contributed by atoms with van der Waals surface area (Å²) in [5, 5.41) is 9.81. The number of likely N-dealkylation sites (tertiary alicyclic amines) is 1. The minimum absolute atomic E-state index is 0.0184. The Morgan fingerprint density at radius 1 is 0.944 bits per heavy atom. The quantitative estimate of drug-likeness (QED) is 0.588. The van der Waals surface area contributed by atoms with Crippen molar-refractivity contribution >= 4 is 23.4 Å². The van der Waals surface area contributed by atoms with Crippen LogP contribution in [0.4, 0.5) is 5.69 Å². The lowest BCUT2D eigenvalue weighted by Gasteiger charge is -2.38. The second-order valence-corrected chi connectivity index (χ2v) is 10.1. The number of para-hydroxylation sites is 1. The topological polar surface area (TPSA) is 90.4 Å². The molecule has 5 rings (SSSR count). The van der Waals surface area contributed by atoms with Crippen LogP contribution in [0, 0.1) is 11.8 Å². The number of ether oxygens (including phenoxy) is 1. The van der Waals surface area contributed by atoms with Gasteiger partial charge in [-0.1, -0.05) is 62.8 Å². The number of unbranched alkanes of at least 4 members (excludes halogenated alkanes) is 1. The Bertz CT molecular complexity index is 1090. The zero-order chi connectivity index (χ0) is 25.5. The van der Waals surface area contributed by atoms with E-state index in [-0.39, 0.29) is 30.9 Å². The summed E-state index contributed by atoms with van der Waals surface area (Å²) in [6.07, 6.45) is 9.93. The van der Waals surface area contributed by atoms with Crippen molar-refractivity contribution in [3.63, 3.8) is 0 Å². The molecule has 0 saturated carbocycles. The molecule has 4 heterocycles. The molecule has 4 aliphatic rings. The van der Waals surface area contributed by atoms with E-state index >= 15 is 0 Å². The van der Waals surface area contributed by atoms with Crippen LogP contribution in [0.5, 0.6) is 0 Å². The number of carbonyl (C=O) groups is 3. The summed E-state index contributed by atoms with van der Waals surface area (Å²) in [6.45, 7) is 5.17. The van der Waals surface area contributed by atoms with Crippen LogP contribution in [0.1, 0.15) is 33.1 Å². The van der Waals surface area contributed by atoms with Crippen LogP contribution >= 0.6 is 0 Å². The lowest BCUT2D eigenvalue weighted by molar-refractivity contribution is -0.152. The lowest BCUT2D eigenvalue weighted by atomic mass is 9.73. The average molecular weight is 494 g/mol. The number of nitrogens with zero attached hydrogens (tertiary/aromatic N) is 3. The maximum Gasteiger partial charge on any atom is 0.249 e. The molecule has 1 aromatic carbocycles. The molecule has 0 bridgehead atoms. The van der Waals surface area contributed by atoms with Crippen molar-refractivity contribution in [1.29, 1.82) is 0 Å². The zero-order valence-corrected chi connectivity index (χ0v) is 21.0. The van der Waals surface area contributed by atoms with Gasteiger partial charge in [0.05, 0.1) is 24.0 Å². The van der Waals surface area contributed by atoms with Gasteiger partial charge in [-0.05, 0) is 25.0 Å². The Kier molecular flexibility index (Phi) is 6.51. The molecule has 8 heteroatoms. The van der Waals surface area contributed by atoms with E-state index in [1.807, 2.05) is 61.6 Å². The second-order valence-electron chi connectivity index (χ2n) is 10.1. The van der Waals surface area contributed by atoms with Crippen LogP contribution in [-0.2, 0) is 19.1 Å². The van der Waals surface area contributed by atoms with E-state index in [4.69, 9.17) is 4.74 Å². The predicted octanol–water partition coefficient (Wildman–Crippen LogP) is 2.14. The molecule has 4 aliphatic heterocycles. The summed E-state index contributed by atoms with van der Waals surface area (Å²) in [5.74, 6) is -2.32. The summed E-state index contributed by atoms with van der Waals surface area (Å²) in [5.41, 5.74) is -1.52. The number of aliphatic hydroxyl groups excluding tert-OH is 1. The second kappa shape index (κ2) is 9.48. The largest absolute Gasteiger partial charge is 0.395 e. The Morgan fingerprint density at radius 3 is 2.39 bits per heavy atom. The number of benzene rings is 1. The summed E-state index contributed by atoms with van der Waals surface area (Å²) >= 11 is 0. The molecule has 2 fully saturated rings. The van der Waals surface area contributed by atoms with Crippen molar-refractivity contribution in [2.24, 2.45) is 11.8 Å². The van der Waals surface area contributed by atoms with Crippen LogP contribution in [0.25, 0.3) is 0 Å². The fraction of sp³-hybridized carbons (Fsp3) is 0.536. The van der Waals surface area contributed by atoms with Crippen molar-refractivity contribution in [3.05, 3.63) is 54.6 Å². The van der Waals surface area contributed by atoms with Crippen LogP contribution in [0.15, 0.2) is 54.6 Å². The normalized spacial score (nSPS) is 33.5. The first kappa shape index (κ1) is 24.7. The molecular formula is C28H35N3O5. The van der Waals surface area contributed by atoms with E-state index in [9.17, 15) is 19.5 Å². The SMILES string of the molecule is CCCCN1CC=C[C@]23O[C@]4(CC)C=CCN(c5ccccc5)C(=O)[C@@H]4[C@H]2C(=O)N(CCO)C3C1=O. The molecule has 5 atom stereocenters. The summed E-state index contributed by atoms with van der Waals surface area (Å²) in [7, 11) is 0. The average Bonchev–Trinajstić information content (AvgIpc) is 3.17. The van der Waals surface area contributed by atoms with Gasteiger partial charge in [0.2, 0.25) is 17.7 Å². The number of β-amino-alcohol motifs (C(OH)–C–C–N with tert-alkyl or cyclic N) is 1. The summed E-state index contributed by atoms with van der Waals surface area (Å²) in [6, 6.07) is 8.51. The number of carbonyl (C=O) groups excluding carboxylic acids is 3. The van der Waals surface area contributed by atoms with Gasteiger partial charge in [0.1, 0.15) is 11.6 Å². The van der Waals surface area contributed by atoms with E-state index < -0.39 is 29.1 Å². The minimum Gasteiger partial charge on any atom is -0.395 e. The van der Waals surface area contributed by atoms with Crippen LogP contribution in [0.2, 0.25) is 0 Å². The fourth-order valence-corrected chi connectivity index (χ4v) is 6.54. The van der Waals surface area contributed by atoms with Crippen molar-refractivity contribution in [1.82, 2.24) is 9.80 Å². The molecule has 0 aliphatic carbocycles. The van der Waals surface area contributed by atoms with Gasteiger partial charge < -0.3 is 24.5 Å². The molecule has 1 aromatic rings. The van der Waals surface area contributed by atoms with Crippen molar-refractivity contribution in [2.75, 3.05) is 37.7 Å². The van der Waals surface area contributed by atoms with E-state index in [2.05, 4.69) is 6.92 Å². The van der Waals surface area contributed by atoms with E-state index in [1.54, 1.807) is 9.80 Å². The standard InChI is InChI=1S/C28H35N3O5/c1-3-5-15-29-16-10-14-28-22(25(34)31(18-19-32)23(28)26(29)35)21-24(33)30(20-11-7-6-8-12-20)17-9-13-27(21,4-2)36-28/h6-14,21-23,32H,3-5,15-19H2,1-2H3/t21-,22-,23?,27+,28-/m0/s1. The van der Waals surface area contributed by atoms with Gasteiger partial charge in [0.15, 0.2) is 0 Å². The number of amides is 3. The van der Waals surface area contributed by atoms with Gasteiger partial charge in [-0.25, -0.2) is 0 Å². The number of fused-ring (bicyclic) bond motifs is 2.